The number of fused-ring (bicyclic) bond motifs is 1. The maximum atomic E-state index is 4.45. The molecule has 3 heterocycles. The Balaban J connectivity index is 1.88. The van der Waals surface area contributed by atoms with Crippen LogP contribution in [0.5, 0.6) is 0 Å². The summed E-state index contributed by atoms with van der Waals surface area (Å²) in [5.41, 5.74) is 3.37. The van der Waals surface area contributed by atoms with Crippen molar-refractivity contribution in [2.75, 3.05) is 17.7 Å². The lowest BCUT2D eigenvalue weighted by Crippen LogP contribution is -2.07. The molecule has 0 aromatic carbocycles. The molecule has 0 radical (unpaired) electrons. The molecule has 0 unspecified atom stereocenters. The van der Waals surface area contributed by atoms with Crippen LogP contribution < -0.4 is 10.6 Å². The van der Waals surface area contributed by atoms with Crippen LogP contribution in [0.4, 0.5) is 11.8 Å². The molecule has 0 aliphatic rings. The summed E-state index contributed by atoms with van der Waals surface area (Å²) in [4.78, 5) is 20.3. The maximum Gasteiger partial charge on any atom is 0.226 e. The van der Waals surface area contributed by atoms with Gasteiger partial charge in [-0.15, -0.1) is 0 Å². The molecule has 3 aromatic rings. The number of aromatic nitrogens is 5. The van der Waals surface area contributed by atoms with E-state index < -0.39 is 0 Å². The number of aryl methyl sites for hydroxylation is 1. The van der Waals surface area contributed by atoms with Gasteiger partial charge >= 0.3 is 0 Å². The Morgan fingerprint density at radius 1 is 1.20 bits per heavy atom. The van der Waals surface area contributed by atoms with Crippen molar-refractivity contribution < 1.29 is 0 Å². The van der Waals surface area contributed by atoms with E-state index in [1.54, 1.807) is 13.4 Å². The Morgan fingerprint density at radius 2 is 2.10 bits per heavy atom. The highest BCUT2D eigenvalue weighted by Crippen LogP contribution is 2.18. The van der Waals surface area contributed by atoms with Crippen molar-refractivity contribution >= 4 is 22.9 Å². The summed E-state index contributed by atoms with van der Waals surface area (Å²) in [5.74, 6) is 1.24. The van der Waals surface area contributed by atoms with Crippen LogP contribution in [0.15, 0.2) is 24.5 Å². The molecular weight excluding hydrogens is 254 g/mol. The van der Waals surface area contributed by atoms with Crippen LogP contribution in [-0.2, 0) is 6.54 Å². The highest BCUT2D eigenvalue weighted by molar-refractivity contribution is 5.83. The summed E-state index contributed by atoms with van der Waals surface area (Å²) in [6.45, 7) is 2.57. The van der Waals surface area contributed by atoms with Crippen LogP contribution >= 0.6 is 0 Å². The average molecular weight is 269 g/mol. The second-order valence-corrected chi connectivity index (χ2v) is 4.37. The summed E-state index contributed by atoms with van der Waals surface area (Å²) >= 11 is 0. The highest BCUT2D eigenvalue weighted by Gasteiger charge is 2.09. The first-order chi connectivity index (χ1) is 9.76. The van der Waals surface area contributed by atoms with Crippen molar-refractivity contribution in [1.29, 1.82) is 0 Å². The molecule has 0 saturated carbocycles. The maximum absolute atomic E-state index is 4.45. The van der Waals surface area contributed by atoms with Gasteiger partial charge in [0.05, 0.1) is 18.6 Å². The van der Waals surface area contributed by atoms with Crippen LogP contribution in [0, 0.1) is 6.92 Å². The van der Waals surface area contributed by atoms with Crippen molar-refractivity contribution in [1.82, 2.24) is 24.9 Å². The van der Waals surface area contributed by atoms with Gasteiger partial charge in [0.2, 0.25) is 5.95 Å². The molecule has 3 rings (SSSR count). The molecule has 0 saturated heterocycles. The van der Waals surface area contributed by atoms with Crippen molar-refractivity contribution in [2.24, 2.45) is 0 Å². The molecule has 0 atom stereocenters. The quantitative estimate of drug-likeness (QED) is 0.668. The predicted octanol–water partition coefficient (Wildman–Crippen LogP) is 1.71. The van der Waals surface area contributed by atoms with E-state index in [-0.39, 0.29) is 0 Å². The number of imidazole rings is 1. The molecule has 7 nitrogen and oxygen atoms in total. The second-order valence-electron chi connectivity index (χ2n) is 4.37. The first-order valence-corrected chi connectivity index (χ1v) is 6.31. The lowest BCUT2D eigenvalue weighted by Gasteiger charge is -2.08. The largest absolute Gasteiger partial charge is 0.362 e. The van der Waals surface area contributed by atoms with Gasteiger partial charge in [0.15, 0.2) is 11.5 Å². The number of hydrogen-bond acceptors (Lipinski definition) is 6. The fourth-order valence-electron chi connectivity index (χ4n) is 1.95. The molecule has 0 fully saturated rings. The van der Waals surface area contributed by atoms with Crippen LogP contribution in [-0.4, -0.2) is 32.0 Å². The number of aromatic amines is 1. The Kier molecular flexibility index (Phi) is 3.16. The summed E-state index contributed by atoms with van der Waals surface area (Å²) in [6, 6.07) is 5.94. The predicted molar refractivity (Wildman–Crippen MR) is 77.5 cm³/mol. The number of anilines is 2. The second kappa shape index (κ2) is 5.12. The first-order valence-electron chi connectivity index (χ1n) is 6.31. The van der Waals surface area contributed by atoms with Gasteiger partial charge in [-0.3, -0.25) is 4.98 Å². The molecule has 3 aromatic heterocycles. The fraction of sp³-hybridized carbons (Fsp3) is 0.231. The molecular formula is C13H15N7. The van der Waals surface area contributed by atoms with Gasteiger partial charge in [0.25, 0.3) is 0 Å². The molecule has 0 amide bonds. The molecule has 0 spiro atoms. The number of hydrogen-bond donors (Lipinski definition) is 3. The fourth-order valence-corrected chi connectivity index (χ4v) is 1.95. The molecule has 20 heavy (non-hydrogen) atoms. The number of pyridine rings is 1. The first kappa shape index (κ1) is 12.3. The Hall–Kier alpha value is -2.70. The van der Waals surface area contributed by atoms with Crippen molar-refractivity contribution in [2.45, 2.75) is 13.5 Å². The summed E-state index contributed by atoms with van der Waals surface area (Å²) in [7, 11) is 1.78. The van der Waals surface area contributed by atoms with E-state index >= 15 is 0 Å². The number of nitrogens with zero attached hydrogens (tertiary/aromatic N) is 4. The molecule has 0 aliphatic heterocycles. The van der Waals surface area contributed by atoms with Gasteiger partial charge in [-0.05, 0) is 19.1 Å². The average Bonchev–Trinajstić information content (AvgIpc) is 2.93. The Bertz CT molecular complexity index is 734. The zero-order valence-electron chi connectivity index (χ0n) is 11.3. The zero-order valence-corrected chi connectivity index (χ0v) is 11.3. The van der Waals surface area contributed by atoms with E-state index in [0.29, 0.717) is 24.0 Å². The van der Waals surface area contributed by atoms with Gasteiger partial charge in [0, 0.05) is 12.7 Å². The minimum Gasteiger partial charge on any atom is -0.362 e. The molecule has 0 aliphatic carbocycles. The van der Waals surface area contributed by atoms with Crippen molar-refractivity contribution in [3.8, 4) is 0 Å². The Morgan fingerprint density at radius 3 is 2.90 bits per heavy atom. The third-order valence-electron chi connectivity index (χ3n) is 2.89. The molecule has 0 bridgehead atoms. The summed E-state index contributed by atoms with van der Waals surface area (Å²) in [6.07, 6.45) is 1.61. The lowest BCUT2D eigenvalue weighted by molar-refractivity contribution is 1.00. The standard InChI is InChI=1S/C13H15N7/c1-8-4-3-5-9(18-8)6-15-11-10-12(17-7-16-10)20-13(14-2)19-11/h3-5,7H,6H2,1-2H3,(H3,14,15,16,17,19,20). The van der Waals surface area contributed by atoms with Crippen LogP contribution in [0.3, 0.4) is 0 Å². The van der Waals surface area contributed by atoms with Crippen LogP contribution in [0.1, 0.15) is 11.4 Å². The van der Waals surface area contributed by atoms with E-state index in [0.717, 1.165) is 16.9 Å². The van der Waals surface area contributed by atoms with Gasteiger partial charge in [-0.2, -0.15) is 9.97 Å². The third kappa shape index (κ3) is 2.37. The molecule has 3 N–H and O–H groups in total. The van der Waals surface area contributed by atoms with Gasteiger partial charge < -0.3 is 15.6 Å². The monoisotopic (exact) mass is 269 g/mol. The van der Waals surface area contributed by atoms with E-state index in [9.17, 15) is 0 Å². The summed E-state index contributed by atoms with van der Waals surface area (Å²) < 4.78 is 0. The summed E-state index contributed by atoms with van der Waals surface area (Å²) in [5, 5.41) is 6.19. The van der Waals surface area contributed by atoms with Crippen LogP contribution in [0.25, 0.3) is 11.2 Å². The van der Waals surface area contributed by atoms with E-state index in [1.807, 2.05) is 25.1 Å². The number of rotatable bonds is 4. The third-order valence-corrected chi connectivity index (χ3v) is 2.89. The van der Waals surface area contributed by atoms with Gasteiger partial charge in [-0.25, -0.2) is 4.98 Å². The highest BCUT2D eigenvalue weighted by atomic mass is 15.2. The van der Waals surface area contributed by atoms with Gasteiger partial charge in [0.1, 0.15) is 5.52 Å². The molecule has 7 heteroatoms. The zero-order chi connectivity index (χ0) is 13.9. The smallest absolute Gasteiger partial charge is 0.226 e. The van der Waals surface area contributed by atoms with E-state index in [2.05, 4.69) is 35.6 Å². The lowest BCUT2D eigenvalue weighted by atomic mass is 10.3. The van der Waals surface area contributed by atoms with Crippen molar-refractivity contribution in [3.63, 3.8) is 0 Å². The van der Waals surface area contributed by atoms with Gasteiger partial charge in [-0.1, -0.05) is 6.07 Å². The van der Waals surface area contributed by atoms with E-state index in [4.69, 9.17) is 0 Å². The van der Waals surface area contributed by atoms with Crippen molar-refractivity contribution in [3.05, 3.63) is 35.9 Å². The normalized spacial score (nSPS) is 10.7. The topological polar surface area (TPSA) is 91.4 Å². The minimum absolute atomic E-state index is 0.532. The SMILES string of the molecule is CNc1nc(NCc2cccc(C)n2)c2[nH]cnc2n1. The number of H-pyrrole nitrogens is 1. The minimum atomic E-state index is 0.532. The van der Waals surface area contributed by atoms with E-state index in [1.165, 1.54) is 0 Å². The number of nitrogens with one attached hydrogen (secondary N) is 3. The Labute approximate surface area is 115 Å². The van der Waals surface area contributed by atoms with Crippen LogP contribution in [0.2, 0.25) is 0 Å². The molecule has 102 valence electrons.